The van der Waals surface area contributed by atoms with E-state index in [9.17, 15) is 0 Å². The van der Waals surface area contributed by atoms with Gasteiger partial charge in [0.2, 0.25) is 0 Å². The first-order valence-corrected chi connectivity index (χ1v) is 8.85. The van der Waals surface area contributed by atoms with E-state index >= 15 is 0 Å². The number of thiocarbonyl (C=S) groups is 1. The Kier molecular flexibility index (Phi) is 5.35. The van der Waals surface area contributed by atoms with Gasteiger partial charge in [-0.1, -0.05) is 0 Å². The minimum absolute atomic E-state index is 0.560. The highest BCUT2D eigenvalue weighted by Crippen LogP contribution is 2.23. The molecule has 5 nitrogen and oxygen atoms in total. The van der Waals surface area contributed by atoms with Crippen molar-refractivity contribution in [2.45, 2.75) is 45.7 Å². The highest BCUT2D eigenvalue weighted by molar-refractivity contribution is 7.80. The van der Waals surface area contributed by atoms with Crippen molar-refractivity contribution < 1.29 is 4.42 Å². The highest BCUT2D eigenvalue weighted by atomic mass is 32.1. The van der Waals surface area contributed by atoms with E-state index in [1.165, 1.54) is 19.3 Å². The average Bonchev–Trinajstić information content (AvgIpc) is 3.00. The van der Waals surface area contributed by atoms with Gasteiger partial charge in [0.15, 0.2) is 5.11 Å². The van der Waals surface area contributed by atoms with Crippen molar-refractivity contribution in [2.24, 2.45) is 0 Å². The van der Waals surface area contributed by atoms with Gasteiger partial charge in [-0.25, -0.2) is 4.98 Å². The van der Waals surface area contributed by atoms with E-state index in [0.29, 0.717) is 17.7 Å². The topological polar surface area (TPSA) is 53.3 Å². The SMILES string of the molecule is Cc1ccc(CNC(=S)Nc2ccc(N3CCCC[C@H]3C)nc2)o1. The number of piperidine rings is 1. The molecule has 2 aromatic heterocycles. The van der Waals surface area contributed by atoms with Crippen LogP contribution in [0.1, 0.15) is 37.7 Å². The Bertz CT molecular complexity index is 683. The Balaban J connectivity index is 1.52. The molecule has 1 aliphatic rings. The number of nitrogens with one attached hydrogen (secondary N) is 2. The van der Waals surface area contributed by atoms with E-state index in [1.807, 2.05) is 31.3 Å². The summed E-state index contributed by atoms with van der Waals surface area (Å²) in [7, 11) is 0. The Hall–Kier alpha value is -2.08. The molecule has 128 valence electrons. The number of furan rings is 1. The quantitative estimate of drug-likeness (QED) is 0.822. The second kappa shape index (κ2) is 7.66. The Morgan fingerprint density at radius 2 is 2.21 bits per heavy atom. The number of aryl methyl sites for hydroxylation is 1. The molecule has 1 atom stereocenters. The van der Waals surface area contributed by atoms with Crippen molar-refractivity contribution in [3.8, 4) is 0 Å². The summed E-state index contributed by atoms with van der Waals surface area (Å²) in [5.41, 5.74) is 0.886. The molecule has 0 spiro atoms. The van der Waals surface area contributed by atoms with E-state index in [-0.39, 0.29) is 0 Å². The Morgan fingerprint density at radius 1 is 1.33 bits per heavy atom. The lowest BCUT2D eigenvalue weighted by molar-refractivity contribution is 0.478. The largest absolute Gasteiger partial charge is 0.465 e. The van der Waals surface area contributed by atoms with Crippen molar-refractivity contribution in [1.82, 2.24) is 10.3 Å². The van der Waals surface area contributed by atoms with Crippen molar-refractivity contribution in [1.29, 1.82) is 0 Å². The fraction of sp³-hybridized carbons (Fsp3) is 0.444. The molecule has 0 bridgehead atoms. The Morgan fingerprint density at radius 3 is 2.88 bits per heavy atom. The standard InChI is InChI=1S/C18H24N4OS/c1-13-5-3-4-10-22(13)17-9-7-15(11-19-17)21-18(24)20-12-16-8-6-14(2)23-16/h6-9,11,13H,3-5,10,12H2,1-2H3,(H2,20,21,24)/t13-/m1/s1. The van der Waals surface area contributed by atoms with E-state index in [0.717, 1.165) is 29.6 Å². The van der Waals surface area contributed by atoms with Gasteiger partial charge < -0.3 is 20.0 Å². The summed E-state index contributed by atoms with van der Waals surface area (Å²) < 4.78 is 5.51. The normalized spacial score (nSPS) is 17.6. The van der Waals surface area contributed by atoms with Crippen LogP contribution >= 0.6 is 12.2 Å². The lowest BCUT2D eigenvalue weighted by atomic mass is 10.0. The summed E-state index contributed by atoms with van der Waals surface area (Å²) in [5, 5.41) is 6.85. The summed E-state index contributed by atoms with van der Waals surface area (Å²) in [6, 6.07) is 8.53. The van der Waals surface area contributed by atoms with Crippen LogP contribution < -0.4 is 15.5 Å². The molecular formula is C18H24N4OS. The third-order valence-corrected chi connectivity index (χ3v) is 4.57. The average molecular weight is 344 g/mol. The summed E-state index contributed by atoms with van der Waals surface area (Å²) >= 11 is 5.32. The van der Waals surface area contributed by atoms with Crippen LogP contribution in [0.15, 0.2) is 34.9 Å². The summed E-state index contributed by atoms with van der Waals surface area (Å²) in [6.45, 7) is 5.85. The molecule has 6 heteroatoms. The molecule has 0 amide bonds. The van der Waals surface area contributed by atoms with Gasteiger partial charge >= 0.3 is 0 Å². The van der Waals surface area contributed by atoms with Crippen molar-refractivity contribution in [3.63, 3.8) is 0 Å². The molecule has 0 aromatic carbocycles. The minimum atomic E-state index is 0.560. The van der Waals surface area contributed by atoms with E-state index in [1.54, 1.807) is 0 Å². The van der Waals surface area contributed by atoms with Gasteiger partial charge in [-0.05, 0) is 69.6 Å². The third-order valence-electron chi connectivity index (χ3n) is 4.32. The zero-order valence-electron chi connectivity index (χ0n) is 14.2. The van der Waals surface area contributed by atoms with Crippen LogP contribution in [0, 0.1) is 6.92 Å². The smallest absolute Gasteiger partial charge is 0.171 e. The molecular weight excluding hydrogens is 320 g/mol. The van der Waals surface area contributed by atoms with Gasteiger partial charge in [-0.15, -0.1) is 0 Å². The third kappa shape index (κ3) is 4.26. The molecule has 24 heavy (non-hydrogen) atoms. The second-order valence-corrected chi connectivity index (χ2v) is 6.67. The molecule has 0 radical (unpaired) electrons. The minimum Gasteiger partial charge on any atom is -0.465 e. The van der Waals surface area contributed by atoms with E-state index < -0.39 is 0 Å². The second-order valence-electron chi connectivity index (χ2n) is 6.26. The molecule has 3 rings (SSSR count). The van der Waals surface area contributed by atoms with Gasteiger partial charge in [0, 0.05) is 12.6 Å². The van der Waals surface area contributed by atoms with Crippen LogP contribution in [0.4, 0.5) is 11.5 Å². The van der Waals surface area contributed by atoms with E-state index in [2.05, 4.69) is 33.5 Å². The molecule has 2 aromatic rings. The number of nitrogens with zero attached hydrogens (tertiary/aromatic N) is 2. The van der Waals surface area contributed by atoms with Crippen LogP contribution in [0.5, 0.6) is 0 Å². The predicted molar refractivity (Wildman–Crippen MR) is 101 cm³/mol. The van der Waals surface area contributed by atoms with Crippen LogP contribution in [0.2, 0.25) is 0 Å². The van der Waals surface area contributed by atoms with E-state index in [4.69, 9.17) is 16.6 Å². The first-order valence-electron chi connectivity index (χ1n) is 8.44. The molecule has 1 saturated heterocycles. The van der Waals surface area contributed by atoms with Crippen LogP contribution in [0.25, 0.3) is 0 Å². The maximum atomic E-state index is 5.51. The summed E-state index contributed by atoms with van der Waals surface area (Å²) in [4.78, 5) is 6.96. The van der Waals surface area contributed by atoms with Crippen LogP contribution in [-0.2, 0) is 6.54 Å². The molecule has 1 aliphatic heterocycles. The lowest BCUT2D eigenvalue weighted by Gasteiger charge is -2.34. The number of rotatable bonds is 4. The molecule has 3 heterocycles. The van der Waals surface area contributed by atoms with Gasteiger partial charge in [0.1, 0.15) is 17.3 Å². The number of pyridine rings is 1. The zero-order valence-corrected chi connectivity index (χ0v) is 15.0. The number of hydrogen-bond donors (Lipinski definition) is 2. The van der Waals surface area contributed by atoms with Crippen molar-refractivity contribution >= 4 is 28.8 Å². The molecule has 0 aliphatic carbocycles. The number of aromatic nitrogens is 1. The van der Waals surface area contributed by atoms with Crippen molar-refractivity contribution in [2.75, 3.05) is 16.8 Å². The first kappa shape index (κ1) is 16.8. The predicted octanol–water partition coefficient (Wildman–Crippen LogP) is 3.85. The summed E-state index contributed by atoms with van der Waals surface area (Å²) in [6.07, 6.45) is 5.63. The van der Waals surface area contributed by atoms with Crippen molar-refractivity contribution in [3.05, 3.63) is 42.0 Å². The monoisotopic (exact) mass is 344 g/mol. The lowest BCUT2D eigenvalue weighted by Crippen LogP contribution is -2.37. The fourth-order valence-corrected chi connectivity index (χ4v) is 3.18. The molecule has 2 N–H and O–H groups in total. The fourth-order valence-electron chi connectivity index (χ4n) is 2.99. The zero-order chi connectivity index (χ0) is 16.9. The van der Waals surface area contributed by atoms with Gasteiger partial charge in [-0.3, -0.25) is 0 Å². The maximum Gasteiger partial charge on any atom is 0.171 e. The van der Waals surface area contributed by atoms with Crippen LogP contribution in [0.3, 0.4) is 0 Å². The highest BCUT2D eigenvalue weighted by Gasteiger charge is 2.19. The number of hydrogen-bond acceptors (Lipinski definition) is 4. The van der Waals surface area contributed by atoms with Gasteiger partial charge in [0.25, 0.3) is 0 Å². The summed E-state index contributed by atoms with van der Waals surface area (Å²) in [5.74, 6) is 2.80. The number of anilines is 2. The molecule has 0 unspecified atom stereocenters. The molecule has 1 fully saturated rings. The van der Waals surface area contributed by atoms with Gasteiger partial charge in [-0.2, -0.15) is 0 Å². The first-order chi connectivity index (χ1) is 11.6. The van der Waals surface area contributed by atoms with Crippen LogP contribution in [-0.4, -0.2) is 22.7 Å². The van der Waals surface area contributed by atoms with Gasteiger partial charge in [0.05, 0.1) is 18.4 Å². The maximum absolute atomic E-state index is 5.51. The molecule has 0 saturated carbocycles. The Labute approximate surface area is 148 Å².